The van der Waals surface area contributed by atoms with E-state index in [2.05, 4.69) is 16.0 Å². The number of fused-ring (bicyclic) bond motifs is 1. The van der Waals surface area contributed by atoms with E-state index in [0.29, 0.717) is 6.61 Å². The van der Waals surface area contributed by atoms with Crippen molar-refractivity contribution in [2.24, 2.45) is 22.2 Å². The standard InChI is InChI=1S/C21H31N5O.CH5N/c22-16-17-6-7-19-15-20(9-8-18(19)14-17)27-13-12-25-10-4-2-1-3-5-11-26-21(23)24;1-2/h6-9,14-16,22,25H,1-5,10-13H2,(H4,23,24,26);2H2,1H3. The van der Waals surface area contributed by atoms with Gasteiger partial charge in [-0.15, -0.1) is 0 Å². The lowest BCUT2D eigenvalue weighted by atomic mass is 10.1. The van der Waals surface area contributed by atoms with Gasteiger partial charge in [-0.25, -0.2) is 0 Å². The lowest BCUT2D eigenvalue weighted by Gasteiger charge is -2.09. The second kappa shape index (κ2) is 15.3. The number of ether oxygens (including phenoxy) is 1. The zero-order valence-corrected chi connectivity index (χ0v) is 17.5. The van der Waals surface area contributed by atoms with E-state index < -0.39 is 0 Å². The first-order chi connectivity index (χ1) is 14.2. The van der Waals surface area contributed by atoms with E-state index in [-0.39, 0.29) is 5.96 Å². The fourth-order valence-electron chi connectivity index (χ4n) is 2.89. The summed E-state index contributed by atoms with van der Waals surface area (Å²) in [6.45, 7) is 3.25. The third-order valence-corrected chi connectivity index (χ3v) is 4.36. The fourth-order valence-corrected chi connectivity index (χ4v) is 2.89. The number of benzene rings is 2. The number of rotatable bonds is 13. The monoisotopic (exact) mass is 400 g/mol. The van der Waals surface area contributed by atoms with E-state index in [1.165, 1.54) is 38.9 Å². The number of nitrogens with two attached hydrogens (primary N) is 3. The minimum atomic E-state index is 0.182. The van der Waals surface area contributed by atoms with Crippen LogP contribution in [0.15, 0.2) is 41.4 Å². The van der Waals surface area contributed by atoms with Crippen LogP contribution in [0.1, 0.15) is 37.7 Å². The minimum Gasteiger partial charge on any atom is -0.492 e. The van der Waals surface area contributed by atoms with Crippen LogP contribution in [-0.4, -0.2) is 45.5 Å². The van der Waals surface area contributed by atoms with Gasteiger partial charge in [-0.05, 0) is 61.0 Å². The van der Waals surface area contributed by atoms with Gasteiger partial charge in [-0.2, -0.15) is 0 Å². The summed E-state index contributed by atoms with van der Waals surface area (Å²) < 4.78 is 5.82. The van der Waals surface area contributed by atoms with Gasteiger partial charge in [0.2, 0.25) is 0 Å². The summed E-state index contributed by atoms with van der Waals surface area (Å²) in [4.78, 5) is 3.98. The van der Waals surface area contributed by atoms with Crippen molar-refractivity contribution in [1.29, 1.82) is 5.41 Å². The van der Waals surface area contributed by atoms with E-state index in [0.717, 1.165) is 48.1 Å². The van der Waals surface area contributed by atoms with Crippen molar-refractivity contribution in [2.45, 2.75) is 32.1 Å². The second-order valence-corrected chi connectivity index (χ2v) is 6.59. The number of nitrogens with zero attached hydrogens (tertiary/aromatic N) is 1. The molecule has 0 unspecified atom stereocenters. The first-order valence-electron chi connectivity index (χ1n) is 10.2. The molecule has 0 heterocycles. The van der Waals surface area contributed by atoms with E-state index in [9.17, 15) is 0 Å². The van der Waals surface area contributed by atoms with Crippen LogP contribution in [0.5, 0.6) is 5.75 Å². The average molecular weight is 401 g/mol. The minimum absolute atomic E-state index is 0.182. The van der Waals surface area contributed by atoms with Crippen LogP contribution in [0, 0.1) is 5.41 Å². The maximum Gasteiger partial charge on any atom is 0.185 e. The highest BCUT2D eigenvalue weighted by molar-refractivity contribution is 5.90. The first-order valence-corrected chi connectivity index (χ1v) is 10.2. The Morgan fingerprint density at radius 3 is 2.41 bits per heavy atom. The van der Waals surface area contributed by atoms with Crippen molar-refractivity contribution in [3.05, 3.63) is 42.0 Å². The highest BCUT2D eigenvalue weighted by atomic mass is 16.5. The number of aliphatic imine (C=N–C) groups is 1. The number of unbranched alkanes of at least 4 members (excludes halogenated alkanes) is 4. The Hall–Kier alpha value is -2.64. The molecule has 0 fully saturated rings. The molecule has 7 nitrogen and oxygen atoms in total. The van der Waals surface area contributed by atoms with Gasteiger partial charge in [-0.1, -0.05) is 37.5 Å². The Kier molecular flexibility index (Phi) is 12.9. The van der Waals surface area contributed by atoms with Crippen LogP contribution in [0.2, 0.25) is 0 Å². The summed E-state index contributed by atoms with van der Waals surface area (Å²) in [6, 6.07) is 12.1. The van der Waals surface area contributed by atoms with Crippen molar-refractivity contribution in [2.75, 3.05) is 33.3 Å². The van der Waals surface area contributed by atoms with Gasteiger partial charge in [0.15, 0.2) is 5.96 Å². The molecule has 160 valence electrons. The van der Waals surface area contributed by atoms with Gasteiger partial charge in [0.25, 0.3) is 0 Å². The number of guanidine groups is 1. The average Bonchev–Trinajstić information content (AvgIpc) is 2.75. The van der Waals surface area contributed by atoms with Gasteiger partial charge < -0.3 is 32.7 Å². The molecule has 0 aliphatic heterocycles. The van der Waals surface area contributed by atoms with Crippen molar-refractivity contribution < 1.29 is 4.74 Å². The second-order valence-electron chi connectivity index (χ2n) is 6.59. The molecule has 0 saturated heterocycles. The molecular formula is C22H36N6O. The van der Waals surface area contributed by atoms with Gasteiger partial charge in [0.1, 0.15) is 12.4 Å². The van der Waals surface area contributed by atoms with Crippen LogP contribution in [-0.2, 0) is 0 Å². The molecule has 0 aliphatic rings. The lowest BCUT2D eigenvalue weighted by molar-refractivity contribution is 0.314. The predicted octanol–water partition coefficient (Wildman–Crippen LogP) is 2.60. The molecule has 7 heteroatoms. The zero-order valence-electron chi connectivity index (χ0n) is 17.5. The van der Waals surface area contributed by atoms with Gasteiger partial charge in [-0.3, -0.25) is 4.99 Å². The van der Waals surface area contributed by atoms with E-state index in [4.69, 9.17) is 21.6 Å². The fraction of sp³-hybridized carbons (Fsp3) is 0.455. The Balaban J connectivity index is 0.00000204. The van der Waals surface area contributed by atoms with E-state index in [1.54, 1.807) is 0 Å². The quantitative estimate of drug-likeness (QED) is 0.200. The molecule has 0 atom stereocenters. The van der Waals surface area contributed by atoms with Crippen LogP contribution in [0.25, 0.3) is 10.8 Å². The number of hydrogen-bond donors (Lipinski definition) is 5. The van der Waals surface area contributed by atoms with Crippen LogP contribution in [0.4, 0.5) is 0 Å². The van der Waals surface area contributed by atoms with Gasteiger partial charge in [0.05, 0.1) is 0 Å². The summed E-state index contributed by atoms with van der Waals surface area (Å²) in [5.41, 5.74) is 16.0. The summed E-state index contributed by atoms with van der Waals surface area (Å²) in [5.74, 6) is 1.06. The maximum atomic E-state index is 7.32. The molecule has 0 aromatic heterocycles. The molecule has 8 N–H and O–H groups in total. The Morgan fingerprint density at radius 2 is 1.66 bits per heavy atom. The molecule has 2 rings (SSSR count). The molecule has 0 aliphatic carbocycles. The lowest BCUT2D eigenvalue weighted by Crippen LogP contribution is -2.22. The van der Waals surface area contributed by atoms with Gasteiger partial charge >= 0.3 is 0 Å². The highest BCUT2D eigenvalue weighted by Gasteiger charge is 1.99. The third-order valence-electron chi connectivity index (χ3n) is 4.36. The SMILES string of the molecule is CN.N=Cc1ccc2cc(OCCNCCCCCCCN=C(N)N)ccc2c1. The first kappa shape index (κ1) is 24.4. The van der Waals surface area contributed by atoms with Crippen LogP contribution in [0.3, 0.4) is 0 Å². The summed E-state index contributed by atoms with van der Waals surface area (Å²) in [7, 11) is 1.50. The van der Waals surface area contributed by atoms with Crippen LogP contribution >= 0.6 is 0 Å². The summed E-state index contributed by atoms with van der Waals surface area (Å²) >= 11 is 0. The summed E-state index contributed by atoms with van der Waals surface area (Å²) in [5, 5.41) is 13.0. The Morgan fingerprint density at radius 1 is 0.966 bits per heavy atom. The molecule has 0 saturated carbocycles. The predicted molar refractivity (Wildman–Crippen MR) is 124 cm³/mol. The van der Waals surface area contributed by atoms with E-state index >= 15 is 0 Å². The normalized spacial score (nSPS) is 10.1. The van der Waals surface area contributed by atoms with Crippen LogP contribution < -0.4 is 27.3 Å². The van der Waals surface area contributed by atoms with Crippen molar-refractivity contribution in [3.8, 4) is 5.75 Å². The Bertz CT molecular complexity index is 743. The molecule has 29 heavy (non-hydrogen) atoms. The molecule has 0 amide bonds. The van der Waals surface area contributed by atoms with Crippen molar-refractivity contribution in [3.63, 3.8) is 0 Å². The largest absolute Gasteiger partial charge is 0.492 e. The topological polar surface area (TPSA) is 136 Å². The van der Waals surface area contributed by atoms with Gasteiger partial charge in [0, 0.05) is 19.3 Å². The molecule has 0 spiro atoms. The zero-order chi connectivity index (χ0) is 21.3. The van der Waals surface area contributed by atoms with Crippen molar-refractivity contribution >= 4 is 22.9 Å². The smallest absolute Gasteiger partial charge is 0.185 e. The molecule has 0 radical (unpaired) electrons. The van der Waals surface area contributed by atoms with Crippen molar-refractivity contribution in [1.82, 2.24) is 5.32 Å². The molecule has 0 bridgehead atoms. The Labute approximate surface area is 174 Å². The number of nitrogens with one attached hydrogen (secondary N) is 2. The molecule has 2 aromatic rings. The highest BCUT2D eigenvalue weighted by Crippen LogP contribution is 2.21. The molecule has 2 aromatic carbocycles. The van der Waals surface area contributed by atoms with E-state index in [1.807, 2.05) is 36.4 Å². The maximum absolute atomic E-state index is 7.32. The molecular weight excluding hydrogens is 364 g/mol. The number of hydrogen-bond acceptors (Lipinski definition) is 5. The third kappa shape index (κ3) is 10.5. The summed E-state index contributed by atoms with van der Waals surface area (Å²) in [6.07, 6.45) is 7.19.